The molecule has 1 saturated heterocycles. The zero-order valence-corrected chi connectivity index (χ0v) is 19.4. The van der Waals surface area contributed by atoms with Crippen LogP contribution in [0.3, 0.4) is 0 Å². The Kier molecular flexibility index (Phi) is 7.20. The number of aromatic nitrogens is 4. The van der Waals surface area contributed by atoms with Crippen molar-refractivity contribution in [3.8, 4) is 11.3 Å². The fourth-order valence-electron chi connectivity index (χ4n) is 4.90. The average Bonchev–Trinajstić information content (AvgIpc) is 3.21. The van der Waals surface area contributed by atoms with E-state index in [1.807, 2.05) is 18.2 Å². The Hall–Kier alpha value is -3.04. The maximum absolute atomic E-state index is 9.00. The Balaban J connectivity index is 0.000000601. The summed E-state index contributed by atoms with van der Waals surface area (Å²) < 4.78 is 2.12. The molecule has 9 heteroatoms. The number of anilines is 1. The summed E-state index contributed by atoms with van der Waals surface area (Å²) in [5.74, 6) is -0.328. The molecule has 1 aromatic carbocycles. The molecule has 1 aliphatic carbocycles. The fourth-order valence-corrected chi connectivity index (χ4v) is 4.90. The molecule has 5 rings (SSSR count). The molecule has 2 fully saturated rings. The van der Waals surface area contributed by atoms with Crippen LogP contribution in [0.4, 0.5) is 5.82 Å². The third-order valence-electron chi connectivity index (χ3n) is 6.63. The van der Waals surface area contributed by atoms with Gasteiger partial charge < -0.3 is 15.7 Å². The van der Waals surface area contributed by atoms with Crippen molar-refractivity contribution in [2.45, 2.75) is 44.7 Å². The lowest BCUT2D eigenvalue weighted by molar-refractivity contribution is -0.134. The summed E-state index contributed by atoms with van der Waals surface area (Å²) in [5.41, 5.74) is 9.06. The van der Waals surface area contributed by atoms with Crippen LogP contribution in [-0.4, -0.2) is 79.9 Å². The van der Waals surface area contributed by atoms with Crippen molar-refractivity contribution in [3.63, 3.8) is 0 Å². The molecule has 1 aliphatic heterocycles. The van der Waals surface area contributed by atoms with E-state index < -0.39 is 5.97 Å². The lowest BCUT2D eigenvalue weighted by atomic mass is 9.90. The monoisotopic (exact) mass is 451 g/mol. The molecule has 2 aliphatic rings. The van der Waals surface area contributed by atoms with Crippen molar-refractivity contribution < 1.29 is 9.90 Å². The Morgan fingerprint density at radius 1 is 1.00 bits per heavy atom. The molecular formula is C24H33N7O2. The van der Waals surface area contributed by atoms with E-state index >= 15 is 0 Å². The molecule has 0 spiro atoms. The molecule has 0 unspecified atom stereocenters. The molecule has 2 aromatic heterocycles. The first-order valence-corrected chi connectivity index (χ1v) is 11.6. The highest BCUT2D eigenvalue weighted by Gasteiger charge is 2.30. The van der Waals surface area contributed by atoms with Crippen LogP contribution in [0.15, 0.2) is 36.7 Å². The number of rotatable bonds is 3. The van der Waals surface area contributed by atoms with Gasteiger partial charge in [-0.1, -0.05) is 30.3 Å². The minimum atomic E-state index is -0.833. The molecule has 3 heterocycles. The van der Waals surface area contributed by atoms with Crippen molar-refractivity contribution in [3.05, 3.63) is 36.7 Å². The number of nitrogens with two attached hydrogens (primary N) is 1. The van der Waals surface area contributed by atoms with Crippen LogP contribution in [0.1, 0.15) is 38.6 Å². The van der Waals surface area contributed by atoms with Crippen LogP contribution >= 0.6 is 0 Å². The predicted molar refractivity (Wildman–Crippen MR) is 129 cm³/mol. The molecule has 0 amide bonds. The molecule has 3 aromatic rings. The number of piperazine rings is 1. The normalized spacial score (nSPS) is 22.0. The van der Waals surface area contributed by atoms with Crippen molar-refractivity contribution in [1.82, 2.24) is 29.5 Å². The number of carbonyl (C=O) groups is 1. The number of likely N-dealkylation sites (N-methyl/N-ethyl adjacent to an activating group) is 1. The van der Waals surface area contributed by atoms with Crippen LogP contribution in [0.2, 0.25) is 0 Å². The third-order valence-corrected chi connectivity index (χ3v) is 6.63. The van der Waals surface area contributed by atoms with Gasteiger partial charge in [0.05, 0.1) is 11.4 Å². The van der Waals surface area contributed by atoms with Gasteiger partial charge in [0.2, 0.25) is 0 Å². The maximum atomic E-state index is 9.00. The molecule has 0 bridgehead atoms. The summed E-state index contributed by atoms with van der Waals surface area (Å²) in [7, 11) is 2.22. The minimum Gasteiger partial charge on any atom is -0.481 e. The molecular weight excluding hydrogens is 418 g/mol. The van der Waals surface area contributed by atoms with Crippen LogP contribution < -0.4 is 5.73 Å². The van der Waals surface area contributed by atoms with Gasteiger partial charge in [-0.25, -0.2) is 14.6 Å². The van der Waals surface area contributed by atoms with Gasteiger partial charge in [0.25, 0.3) is 5.97 Å². The number of fused-ring (bicyclic) bond motifs is 1. The summed E-state index contributed by atoms with van der Waals surface area (Å²) in [4.78, 5) is 22.9. The highest BCUT2D eigenvalue weighted by molar-refractivity contribution is 5.98. The van der Waals surface area contributed by atoms with Gasteiger partial charge in [-0.2, -0.15) is 5.10 Å². The maximum Gasteiger partial charge on any atom is 0.300 e. The SMILES string of the molecule is CC(=O)O.CN1CCN(C2CCC(n3nc(-c4ccccc4)c4c(N)ncnc43)CC2)CC1. The Morgan fingerprint density at radius 2 is 1.61 bits per heavy atom. The number of hydrogen-bond acceptors (Lipinski definition) is 7. The van der Waals surface area contributed by atoms with E-state index in [2.05, 4.69) is 43.6 Å². The second kappa shape index (κ2) is 10.3. The van der Waals surface area contributed by atoms with Crippen LogP contribution in [0.25, 0.3) is 22.3 Å². The Morgan fingerprint density at radius 3 is 2.24 bits per heavy atom. The van der Waals surface area contributed by atoms with Gasteiger partial charge in [-0.05, 0) is 32.7 Å². The molecule has 3 N–H and O–H groups in total. The predicted octanol–water partition coefficient (Wildman–Crippen LogP) is 2.90. The van der Waals surface area contributed by atoms with Gasteiger partial charge in [-0.3, -0.25) is 9.69 Å². The molecule has 9 nitrogen and oxygen atoms in total. The summed E-state index contributed by atoms with van der Waals surface area (Å²) in [5, 5.41) is 13.3. The highest BCUT2D eigenvalue weighted by Crippen LogP contribution is 2.36. The van der Waals surface area contributed by atoms with Gasteiger partial charge in [0, 0.05) is 44.7 Å². The van der Waals surface area contributed by atoms with Crippen LogP contribution in [0.5, 0.6) is 0 Å². The lowest BCUT2D eigenvalue weighted by Crippen LogP contribution is -2.49. The van der Waals surface area contributed by atoms with Crippen LogP contribution in [-0.2, 0) is 4.79 Å². The third kappa shape index (κ3) is 5.31. The first-order valence-electron chi connectivity index (χ1n) is 11.6. The number of hydrogen-bond donors (Lipinski definition) is 2. The minimum absolute atomic E-state index is 0.368. The van der Waals surface area contributed by atoms with Crippen molar-refractivity contribution >= 4 is 22.8 Å². The number of benzene rings is 1. The first kappa shape index (κ1) is 23.1. The fraction of sp³-hybridized carbons (Fsp3) is 0.500. The van der Waals surface area contributed by atoms with Gasteiger partial charge in [0.1, 0.15) is 17.8 Å². The van der Waals surface area contributed by atoms with Gasteiger partial charge in [-0.15, -0.1) is 0 Å². The van der Waals surface area contributed by atoms with E-state index in [4.69, 9.17) is 20.7 Å². The molecule has 33 heavy (non-hydrogen) atoms. The molecule has 0 atom stereocenters. The Bertz CT molecular complexity index is 1070. The average molecular weight is 452 g/mol. The zero-order chi connectivity index (χ0) is 23.4. The molecule has 1 saturated carbocycles. The smallest absolute Gasteiger partial charge is 0.300 e. The topological polar surface area (TPSA) is 113 Å². The first-order chi connectivity index (χ1) is 15.9. The number of carboxylic acid groups (broad SMARTS) is 1. The van der Waals surface area contributed by atoms with E-state index in [1.165, 1.54) is 39.0 Å². The van der Waals surface area contributed by atoms with Crippen molar-refractivity contribution in [1.29, 1.82) is 0 Å². The molecule has 176 valence electrons. The van der Waals surface area contributed by atoms with Crippen LogP contribution in [0, 0.1) is 0 Å². The second-order valence-electron chi connectivity index (χ2n) is 8.94. The summed E-state index contributed by atoms with van der Waals surface area (Å²) in [6.45, 7) is 5.83. The number of nitrogen functional groups attached to an aromatic ring is 1. The lowest BCUT2D eigenvalue weighted by Gasteiger charge is -2.41. The number of carboxylic acids is 1. The van der Waals surface area contributed by atoms with E-state index in [0.717, 1.165) is 42.1 Å². The summed E-state index contributed by atoms with van der Waals surface area (Å²) in [6, 6.07) is 11.3. The van der Waals surface area contributed by atoms with E-state index in [9.17, 15) is 0 Å². The quantitative estimate of drug-likeness (QED) is 0.625. The molecule has 0 radical (unpaired) electrons. The van der Waals surface area contributed by atoms with E-state index in [-0.39, 0.29) is 0 Å². The standard InChI is InChI=1S/C22H29N7.C2H4O2/c1-27-11-13-28(14-12-27)17-7-9-18(10-8-17)29-22-19(21(23)24-15-25-22)20(26-29)16-5-3-2-4-6-16;1-2(3)4/h2-6,15,17-18H,7-14H2,1H3,(H2,23,24,25);1H3,(H,3,4). The Labute approximate surface area is 194 Å². The van der Waals surface area contributed by atoms with Gasteiger partial charge >= 0.3 is 0 Å². The summed E-state index contributed by atoms with van der Waals surface area (Å²) in [6.07, 6.45) is 6.26. The zero-order valence-electron chi connectivity index (χ0n) is 19.4. The highest BCUT2D eigenvalue weighted by atomic mass is 16.4. The number of aliphatic carboxylic acids is 1. The summed E-state index contributed by atoms with van der Waals surface area (Å²) >= 11 is 0. The largest absolute Gasteiger partial charge is 0.481 e. The van der Waals surface area contributed by atoms with Gasteiger partial charge in [0.15, 0.2) is 5.65 Å². The van der Waals surface area contributed by atoms with E-state index in [0.29, 0.717) is 17.9 Å². The van der Waals surface area contributed by atoms with Crippen molar-refractivity contribution in [2.24, 2.45) is 0 Å². The van der Waals surface area contributed by atoms with E-state index in [1.54, 1.807) is 6.33 Å². The number of nitrogens with zero attached hydrogens (tertiary/aromatic N) is 6. The second-order valence-corrected chi connectivity index (χ2v) is 8.94. The van der Waals surface area contributed by atoms with Crippen molar-refractivity contribution in [2.75, 3.05) is 39.0 Å².